The maximum absolute atomic E-state index is 12.3. The van der Waals surface area contributed by atoms with Crippen molar-refractivity contribution in [1.82, 2.24) is 10.1 Å². The Kier molecular flexibility index (Phi) is 4.38. The fourth-order valence-corrected chi connectivity index (χ4v) is 3.36. The number of benzene rings is 1. The van der Waals surface area contributed by atoms with Crippen molar-refractivity contribution in [3.05, 3.63) is 30.0 Å². The number of carbonyl (C=O) groups excluding carboxylic acids is 2. The molecule has 134 valence electrons. The normalized spacial score (nSPS) is 18.0. The van der Waals surface area contributed by atoms with Crippen molar-refractivity contribution in [2.45, 2.75) is 25.2 Å². The zero-order chi connectivity index (χ0) is 18.1. The van der Waals surface area contributed by atoms with Gasteiger partial charge in [0.15, 0.2) is 5.58 Å². The number of aromatic nitrogens is 2. The zero-order valence-corrected chi connectivity index (χ0v) is 14.4. The summed E-state index contributed by atoms with van der Waals surface area (Å²) in [6.45, 7) is 0.900. The largest absolute Gasteiger partial charge is 0.475 e. The Morgan fingerprint density at radius 2 is 2.08 bits per heavy atom. The van der Waals surface area contributed by atoms with Crippen LogP contribution in [0.3, 0.4) is 0 Å². The lowest BCUT2D eigenvalue weighted by Gasteiger charge is -2.17. The van der Waals surface area contributed by atoms with Gasteiger partial charge in [0.1, 0.15) is 23.9 Å². The Balaban J connectivity index is 1.75. The molecule has 2 heterocycles. The van der Waals surface area contributed by atoms with Crippen LogP contribution in [0.2, 0.25) is 0 Å². The topological polar surface area (TPSA) is 91.5 Å². The van der Waals surface area contributed by atoms with Crippen molar-refractivity contribution in [3.63, 3.8) is 0 Å². The van der Waals surface area contributed by atoms with E-state index in [0.717, 1.165) is 16.3 Å². The van der Waals surface area contributed by atoms with Gasteiger partial charge in [-0.3, -0.25) is 9.59 Å². The number of carbonyl (C=O) groups is 2. The van der Waals surface area contributed by atoms with Gasteiger partial charge in [0, 0.05) is 25.0 Å². The molecule has 26 heavy (non-hydrogen) atoms. The van der Waals surface area contributed by atoms with Gasteiger partial charge in [0.25, 0.3) is 0 Å². The maximum Gasteiger partial charge on any atom is 0.213 e. The van der Waals surface area contributed by atoms with E-state index >= 15 is 0 Å². The first-order valence-corrected chi connectivity index (χ1v) is 8.52. The Hall–Kier alpha value is -2.80. The summed E-state index contributed by atoms with van der Waals surface area (Å²) in [5, 5.41) is 5.78. The van der Waals surface area contributed by atoms with E-state index in [2.05, 4.69) is 10.1 Å². The minimum atomic E-state index is -0.405. The van der Waals surface area contributed by atoms with Crippen LogP contribution in [0.4, 0.5) is 0 Å². The molecule has 0 aliphatic heterocycles. The number of fused-ring (bicyclic) bond motifs is 3. The fourth-order valence-electron chi connectivity index (χ4n) is 3.36. The van der Waals surface area contributed by atoms with Crippen LogP contribution in [0.5, 0.6) is 5.88 Å². The predicted octanol–water partition coefficient (Wildman–Crippen LogP) is 2.81. The zero-order valence-electron chi connectivity index (χ0n) is 14.4. The van der Waals surface area contributed by atoms with Crippen molar-refractivity contribution in [2.75, 3.05) is 20.3 Å². The van der Waals surface area contributed by atoms with Gasteiger partial charge in [-0.25, -0.2) is 4.98 Å². The molecular formula is C19H18N2O5. The van der Waals surface area contributed by atoms with Gasteiger partial charge in [-0.15, -0.1) is 0 Å². The highest BCUT2D eigenvalue weighted by atomic mass is 16.5. The van der Waals surface area contributed by atoms with E-state index in [9.17, 15) is 9.59 Å². The third kappa shape index (κ3) is 2.94. The average Bonchev–Trinajstić information content (AvgIpc) is 3.06. The van der Waals surface area contributed by atoms with Gasteiger partial charge in [0.2, 0.25) is 5.88 Å². The lowest BCUT2D eigenvalue weighted by atomic mass is 9.83. The molecule has 0 N–H and O–H groups in total. The molecule has 7 heteroatoms. The molecule has 0 bridgehead atoms. The highest BCUT2D eigenvalue weighted by Crippen LogP contribution is 2.36. The number of hydrogen-bond donors (Lipinski definition) is 0. The summed E-state index contributed by atoms with van der Waals surface area (Å²) in [5.74, 6) is -0.00669. The Labute approximate surface area is 149 Å². The molecule has 1 fully saturated rings. The molecule has 1 atom stereocenters. The highest BCUT2D eigenvalue weighted by molar-refractivity contribution is 6.10. The van der Waals surface area contributed by atoms with Crippen LogP contribution in [0, 0.1) is 0 Å². The predicted molar refractivity (Wildman–Crippen MR) is 93.3 cm³/mol. The summed E-state index contributed by atoms with van der Waals surface area (Å²) in [6.07, 6.45) is 0.839. The molecule has 1 unspecified atom stereocenters. The molecule has 1 aliphatic carbocycles. The minimum Gasteiger partial charge on any atom is -0.475 e. The van der Waals surface area contributed by atoms with Crippen LogP contribution in [0.1, 0.15) is 30.9 Å². The van der Waals surface area contributed by atoms with E-state index in [1.807, 2.05) is 12.1 Å². The van der Waals surface area contributed by atoms with Gasteiger partial charge in [0.05, 0.1) is 29.8 Å². The van der Waals surface area contributed by atoms with Gasteiger partial charge in [-0.1, -0.05) is 5.16 Å². The van der Waals surface area contributed by atoms with E-state index in [1.54, 1.807) is 19.2 Å². The van der Waals surface area contributed by atoms with Crippen LogP contribution in [0.15, 0.2) is 28.8 Å². The van der Waals surface area contributed by atoms with Crippen LogP contribution < -0.4 is 4.74 Å². The van der Waals surface area contributed by atoms with Crippen molar-refractivity contribution < 1.29 is 23.6 Å². The molecule has 0 radical (unpaired) electrons. The number of pyridine rings is 1. The third-order valence-electron chi connectivity index (χ3n) is 4.65. The molecular weight excluding hydrogens is 336 g/mol. The first-order valence-electron chi connectivity index (χ1n) is 8.52. The summed E-state index contributed by atoms with van der Waals surface area (Å²) < 4.78 is 16.0. The second-order valence-electron chi connectivity index (χ2n) is 6.34. The fraction of sp³-hybridized carbons (Fsp3) is 0.368. The monoisotopic (exact) mass is 354 g/mol. The quantitative estimate of drug-likeness (QED) is 0.514. The molecule has 7 nitrogen and oxygen atoms in total. The summed E-state index contributed by atoms with van der Waals surface area (Å²) in [5.41, 5.74) is 1.93. The van der Waals surface area contributed by atoms with Crippen LogP contribution in [0.25, 0.3) is 21.9 Å². The number of Topliss-reactive ketones (excluding diaryl/α,β-unsaturated/α-hetero) is 2. The lowest BCUT2D eigenvalue weighted by Crippen LogP contribution is -2.23. The molecule has 1 saturated carbocycles. The first-order chi connectivity index (χ1) is 12.7. The summed E-state index contributed by atoms with van der Waals surface area (Å²) >= 11 is 0. The lowest BCUT2D eigenvalue weighted by molar-refractivity contribution is -0.130. The van der Waals surface area contributed by atoms with Gasteiger partial charge >= 0.3 is 0 Å². The second kappa shape index (κ2) is 6.84. The van der Waals surface area contributed by atoms with Crippen molar-refractivity contribution in [2.24, 2.45) is 0 Å². The number of hydrogen-bond acceptors (Lipinski definition) is 7. The maximum atomic E-state index is 12.3. The second-order valence-corrected chi connectivity index (χ2v) is 6.34. The van der Waals surface area contributed by atoms with E-state index in [0.29, 0.717) is 43.2 Å². The molecule has 0 spiro atoms. The Bertz CT molecular complexity index is 994. The number of nitrogens with zero attached hydrogens (tertiary/aromatic N) is 2. The van der Waals surface area contributed by atoms with Crippen molar-refractivity contribution in [3.8, 4) is 5.88 Å². The molecule has 4 rings (SSSR count). The summed E-state index contributed by atoms with van der Waals surface area (Å²) in [4.78, 5) is 28.4. The van der Waals surface area contributed by atoms with Crippen molar-refractivity contribution in [1.29, 1.82) is 0 Å². The number of ketones is 2. The Morgan fingerprint density at radius 1 is 1.19 bits per heavy atom. The third-order valence-corrected chi connectivity index (χ3v) is 4.65. The minimum absolute atomic E-state index is 0.0107. The smallest absolute Gasteiger partial charge is 0.213 e. The van der Waals surface area contributed by atoms with E-state index in [1.165, 1.54) is 0 Å². The molecule has 1 aliphatic rings. The van der Waals surface area contributed by atoms with E-state index in [4.69, 9.17) is 14.0 Å². The Morgan fingerprint density at radius 3 is 2.88 bits per heavy atom. The molecule has 0 saturated heterocycles. The molecule has 3 aromatic rings. The van der Waals surface area contributed by atoms with Crippen LogP contribution in [-0.2, 0) is 14.3 Å². The molecule has 2 aromatic heterocycles. The van der Waals surface area contributed by atoms with Crippen molar-refractivity contribution >= 4 is 33.4 Å². The average molecular weight is 354 g/mol. The standard InChI is InChI=1S/C19H18N2O5/c1-24-8-9-25-17-7-4-12-14(20-17)5-6-16-18(12)19(21-26-16)13-3-2-11(22)10-15(13)23/h4-7,13H,2-3,8-10H2,1H3. The SMILES string of the molecule is COCCOc1ccc2c(ccc3onc(C4CCC(=O)CC4=O)c32)n1. The van der Waals surface area contributed by atoms with Gasteiger partial charge in [-0.2, -0.15) is 0 Å². The van der Waals surface area contributed by atoms with Gasteiger partial charge in [-0.05, 0) is 24.6 Å². The molecule has 0 amide bonds. The van der Waals surface area contributed by atoms with Crippen LogP contribution in [-0.4, -0.2) is 42.0 Å². The summed E-state index contributed by atoms with van der Waals surface area (Å²) in [6, 6.07) is 7.30. The number of rotatable bonds is 5. The summed E-state index contributed by atoms with van der Waals surface area (Å²) in [7, 11) is 1.61. The highest BCUT2D eigenvalue weighted by Gasteiger charge is 2.32. The van der Waals surface area contributed by atoms with E-state index in [-0.39, 0.29) is 18.0 Å². The van der Waals surface area contributed by atoms with Gasteiger partial charge < -0.3 is 14.0 Å². The van der Waals surface area contributed by atoms with Crippen LogP contribution >= 0.6 is 0 Å². The van der Waals surface area contributed by atoms with E-state index < -0.39 is 5.92 Å². The number of methoxy groups -OCH3 is 1. The molecule has 1 aromatic carbocycles. The number of ether oxygens (including phenoxy) is 2. The first kappa shape index (κ1) is 16.7.